The fourth-order valence-electron chi connectivity index (χ4n) is 4.47. The standard InChI is InChI=1S/C25H35N7O2/c1-18-16-29(10-8-21(18)26)17-19-4-6-20(7-5-19)32-11-9-22(28-24(32)34)30-12-14-31(15-13-30)23(33)25(2,3)27/h4-9,11,18H,10,12-17,26-27H2,1-3H3. The summed E-state index contributed by atoms with van der Waals surface area (Å²) in [6.07, 6.45) is 3.85. The van der Waals surface area contributed by atoms with Gasteiger partial charge in [-0.2, -0.15) is 4.98 Å². The molecule has 1 amide bonds. The van der Waals surface area contributed by atoms with Crippen molar-refractivity contribution in [2.24, 2.45) is 17.4 Å². The predicted molar refractivity (Wildman–Crippen MR) is 134 cm³/mol. The molecule has 1 atom stereocenters. The number of amides is 1. The SMILES string of the molecule is CC1CN(Cc2ccc(-n3ccc(N4CCN(C(=O)C(C)(C)N)CC4)nc3=O)cc2)CC=C1N. The summed E-state index contributed by atoms with van der Waals surface area (Å²) >= 11 is 0. The summed E-state index contributed by atoms with van der Waals surface area (Å²) in [5, 5.41) is 0. The molecule has 0 radical (unpaired) electrons. The number of nitrogens with two attached hydrogens (primary N) is 2. The van der Waals surface area contributed by atoms with Gasteiger partial charge in [-0.1, -0.05) is 25.1 Å². The molecule has 9 heteroatoms. The first-order chi connectivity index (χ1) is 16.1. The minimum atomic E-state index is -0.881. The van der Waals surface area contributed by atoms with Gasteiger partial charge >= 0.3 is 5.69 Å². The van der Waals surface area contributed by atoms with Gasteiger partial charge in [-0.15, -0.1) is 0 Å². The summed E-state index contributed by atoms with van der Waals surface area (Å²) < 4.78 is 1.55. The summed E-state index contributed by atoms with van der Waals surface area (Å²) in [5.74, 6) is 0.935. The van der Waals surface area contributed by atoms with Crippen LogP contribution in [-0.4, -0.2) is 70.1 Å². The summed E-state index contributed by atoms with van der Waals surface area (Å²) in [6.45, 7) is 10.6. The fraction of sp³-hybridized carbons (Fsp3) is 0.480. The van der Waals surface area contributed by atoms with Crippen LogP contribution in [0.4, 0.5) is 5.82 Å². The Morgan fingerprint density at radius 3 is 2.38 bits per heavy atom. The van der Waals surface area contributed by atoms with Gasteiger partial charge in [0.15, 0.2) is 0 Å². The van der Waals surface area contributed by atoms with E-state index in [0.29, 0.717) is 37.9 Å². The second-order valence-electron chi connectivity index (χ2n) is 9.90. The molecule has 4 N–H and O–H groups in total. The molecule has 1 aromatic heterocycles. The second kappa shape index (κ2) is 9.60. The van der Waals surface area contributed by atoms with E-state index in [1.54, 1.807) is 29.5 Å². The molecule has 9 nitrogen and oxygen atoms in total. The minimum Gasteiger partial charge on any atom is -0.402 e. The molecule has 0 spiro atoms. The molecule has 4 rings (SSSR count). The molecule has 0 saturated carbocycles. The number of benzene rings is 1. The van der Waals surface area contributed by atoms with Crippen LogP contribution < -0.4 is 22.1 Å². The third-order valence-corrected chi connectivity index (χ3v) is 6.54. The van der Waals surface area contributed by atoms with E-state index in [-0.39, 0.29) is 11.6 Å². The molecule has 2 aliphatic heterocycles. The van der Waals surface area contributed by atoms with Gasteiger partial charge in [-0.25, -0.2) is 4.79 Å². The van der Waals surface area contributed by atoms with Gasteiger partial charge in [0.25, 0.3) is 0 Å². The number of aromatic nitrogens is 2. The largest absolute Gasteiger partial charge is 0.402 e. The Bertz CT molecular complexity index is 1110. The van der Waals surface area contributed by atoms with Crippen LogP contribution in [0.5, 0.6) is 0 Å². The fourth-order valence-corrected chi connectivity index (χ4v) is 4.47. The molecule has 1 aromatic carbocycles. The van der Waals surface area contributed by atoms with E-state index >= 15 is 0 Å². The van der Waals surface area contributed by atoms with Crippen LogP contribution in [-0.2, 0) is 11.3 Å². The zero-order chi connectivity index (χ0) is 24.5. The lowest BCUT2D eigenvalue weighted by Gasteiger charge is -2.37. The molecule has 0 bridgehead atoms. The van der Waals surface area contributed by atoms with Crippen molar-refractivity contribution in [2.45, 2.75) is 32.9 Å². The first-order valence-corrected chi connectivity index (χ1v) is 11.8. The van der Waals surface area contributed by atoms with E-state index in [9.17, 15) is 9.59 Å². The molecule has 0 aliphatic carbocycles. The number of piperazine rings is 1. The van der Waals surface area contributed by atoms with Gasteiger partial charge in [-0.3, -0.25) is 14.3 Å². The zero-order valence-corrected chi connectivity index (χ0v) is 20.3. The minimum absolute atomic E-state index is 0.0608. The maximum atomic E-state index is 12.8. The number of carbonyl (C=O) groups is 1. The van der Waals surface area contributed by atoms with Crippen LogP contribution in [0.1, 0.15) is 26.3 Å². The lowest BCUT2D eigenvalue weighted by molar-refractivity contribution is -0.136. The van der Waals surface area contributed by atoms with E-state index < -0.39 is 5.54 Å². The Hall–Kier alpha value is -3.17. The Morgan fingerprint density at radius 1 is 1.12 bits per heavy atom. The maximum Gasteiger partial charge on any atom is 0.354 e. The monoisotopic (exact) mass is 465 g/mol. The third-order valence-electron chi connectivity index (χ3n) is 6.54. The van der Waals surface area contributed by atoms with Crippen LogP contribution in [0.15, 0.2) is 53.1 Å². The highest BCUT2D eigenvalue weighted by Gasteiger charge is 2.30. The molecule has 2 aliphatic rings. The van der Waals surface area contributed by atoms with Crippen molar-refractivity contribution in [3.8, 4) is 5.69 Å². The molecule has 1 fully saturated rings. The lowest BCUT2D eigenvalue weighted by Crippen LogP contribution is -2.57. The van der Waals surface area contributed by atoms with E-state index in [2.05, 4.69) is 35.0 Å². The number of hydrogen-bond donors (Lipinski definition) is 2. The number of anilines is 1. The highest BCUT2D eigenvalue weighted by Crippen LogP contribution is 2.18. The highest BCUT2D eigenvalue weighted by molar-refractivity contribution is 5.85. The lowest BCUT2D eigenvalue weighted by atomic mass is 10.0. The molecule has 3 heterocycles. The summed E-state index contributed by atoms with van der Waals surface area (Å²) in [7, 11) is 0. The van der Waals surface area contributed by atoms with Gasteiger partial charge in [0.05, 0.1) is 11.2 Å². The van der Waals surface area contributed by atoms with Crippen LogP contribution in [0, 0.1) is 5.92 Å². The quantitative estimate of drug-likeness (QED) is 0.675. The average molecular weight is 466 g/mol. The van der Waals surface area contributed by atoms with Crippen molar-refractivity contribution >= 4 is 11.7 Å². The Morgan fingerprint density at radius 2 is 1.79 bits per heavy atom. The molecular weight excluding hydrogens is 430 g/mol. The zero-order valence-electron chi connectivity index (χ0n) is 20.3. The first kappa shape index (κ1) is 24.0. The molecular formula is C25H35N7O2. The normalized spacial score (nSPS) is 19.8. The topological polar surface area (TPSA) is 114 Å². The third kappa shape index (κ3) is 5.31. The van der Waals surface area contributed by atoms with Crippen molar-refractivity contribution in [3.05, 3.63) is 64.3 Å². The van der Waals surface area contributed by atoms with Gasteiger partial charge in [-0.05, 0) is 37.6 Å². The molecule has 182 valence electrons. The molecule has 1 saturated heterocycles. The van der Waals surface area contributed by atoms with E-state index in [1.165, 1.54) is 5.56 Å². The number of hydrogen-bond acceptors (Lipinski definition) is 7. The highest BCUT2D eigenvalue weighted by atomic mass is 16.2. The Labute approximate surface area is 200 Å². The van der Waals surface area contributed by atoms with Crippen LogP contribution in [0.2, 0.25) is 0 Å². The van der Waals surface area contributed by atoms with Gasteiger partial charge < -0.3 is 21.3 Å². The van der Waals surface area contributed by atoms with Crippen LogP contribution in [0.25, 0.3) is 5.69 Å². The Balaban J connectivity index is 1.39. The van der Waals surface area contributed by atoms with Gasteiger partial charge in [0, 0.05) is 63.6 Å². The van der Waals surface area contributed by atoms with Crippen LogP contribution >= 0.6 is 0 Å². The van der Waals surface area contributed by atoms with E-state index in [0.717, 1.165) is 31.0 Å². The van der Waals surface area contributed by atoms with Crippen molar-refractivity contribution in [1.82, 2.24) is 19.4 Å². The van der Waals surface area contributed by atoms with Crippen molar-refractivity contribution < 1.29 is 4.79 Å². The molecule has 2 aromatic rings. The maximum absolute atomic E-state index is 12.8. The summed E-state index contributed by atoms with van der Waals surface area (Å²) in [4.78, 5) is 35.6. The summed E-state index contributed by atoms with van der Waals surface area (Å²) in [5.41, 5.74) is 13.7. The second-order valence-corrected chi connectivity index (χ2v) is 9.90. The smallest absolute Gasteiger partial charge is 0.354 e. The molecule has 1 unspecified atom stereocenters. The Kier molecular flexibility index (Phi) is 6.77. The first-order valence-electron chi connectivity index (χ1n) is 11.8. The van der Waals surface area contributed by atoms with Crippen molar-refractivity contribution in [2.75, 3.05) is 44.2 Å². The number of rotatable bonds is 5. The average Bonchev–Trinajstić information content (AvgIpc) is 2.81. The predicted octanol–water partition coefficient (Wildman–Crippen LogP) is 0.913. The van der Waals surface area contributed by atoms with Crippen molar-refractivity contribution in [3.63, 3.8) is 0 Å². The number of nitrogens with zero attached hydrogens (tertiary/aromatic N) is 5. The van der Waals surface area contributed by atoms with E-state index in [1.807, 2.05) is 23.1 Å². The van der Waals surface area contributed by atoms with E-state index in [4.69, 9.17) is 11.5 Å². The van der Waals surface area contributed by atoms with Crippen molar-refractivity contribution in [1.29, 1.82) is 0 Å². The van der Waals surface area contributed by atoms with Crippen LogP contribution in [0.3, 0.4) is 0 Å². The molecule has 34 heavy (non-hydrogen) atoms. The number of carbonyl (C=O) groups excluding carboxylic acids is 1. The van der Waals surface area contributed by atoms with Gasteiger partial charge in [0.1, 0.15) is 5.82 Å². The summed E-state index contributed by atoms with van der Waals surface area (Å²) in [6, 6.07) is 9.86. The van der Waals surface area contributed by atoms with Gasteiger partial charge in [0.2, 0.25) is 5.91 Å².